The number of likely N-dealkylation sites (tertiary alicyclic amines) is 1. The van der Waals surface area contributed by atoms with Crippen LogP contribution in [0.25, 0.3) is 0 Å². The van der Waals surface area contributed by atoms with Crippen molar-refractivity contribution < 1.29 is 4.79 Å². The lowest BCUT2D eigenvalue weighted by Crippen LogP contribution is -2.49. The van der Waals surface area contributed by atoms with Gasteiger partial charge in [-0.15, -0.1) is 0 Å². The summed E-state index contributed by atoms with van der Waals surface area (Å²) in [7, 11) is 2.20. The van der Waals surface area contributed by atoms with Gasteiger partial charge in [0.25, 0.3) is 0 Å². The van der Waals surface area contributed by atoms with Gasteiger partial charge in [-0.05, 0) is 32.2 Å². The van der Waals surface area contributed by atoms with Crippen LogP contribution >= 0.6 is 0 Å². The van der Waals surface area contributed by atoms with Crippen LogP contribution in [0.1, 0.15) is 39.5 Å². The average molecular weight is 253 g/mol. The highest BCUT2D eigenvalue weighted by atomic mass is 16.2. The van der Waals surface area contributed by atoms with Crippen LogP contribution in [-0.2, 0) is 4.79 Å². The van der Waals surface area contributed by atoms with Crippen molar-refractivity contribution in [1.82, 2.24) is 9.80 Å². The number of rotatable bonds is 3. The first kappa shape index (κ1) is 13.8. The van der Waals surface area contributed by atoms with Gasteiger partial charge in [-0.2, -0.15) is 0 Å². The van der Waals surface area contributed by atoms with Crippen molar-refractivity contribution in [2.45, 2.75) is 57.7 Å². The topological polar surface area (TPSA) is 49.6 Å². The molecule has 2 aliphatic rings. The van der Waals surface area contributed by atoms with E-state index in [2.05, 4.69) is 25.8 Å². The lowest BCUT2D eigenvalue weighted by Gasteiger charge is -2.29. The summed E-state index contributed by atoms with van der Waals surface area (Å²) in [5.41, 5.74) is 6.08. The Morgan fingerprint density at radius 2 is 2.00 bits per heavy atom. The Labute approximate surface area is 110 Å². The van der Waals surface area contributed by atoms with Crippen LogP contribution in [0.15, 0.2) is 0 Å². The maximum absolute atomic E-state index is 12.4. The second-order valence-electron chi connectivity index (χ2n) is 6.03. The van der Waals surface area contributed by atoms with Crippen molar-refractivity contribution in [3.05, 3.63) is 0 Å². The van der Waals surface area contributed by atoms with E-state index < -0.39 is 0 Å². The Morgan fingerprint density at radius 1 is 1.33 bits per heavy atom. The number of fused-ring (bicyclic) bond motifs is 2. The van der Waals surface area contributed by atoms with Crippen molar-refractivity contribution >= 4 is 5.91 Å². The predicted molar refractivity (Wildman–Crippen MR) is 73.2 cm³/mol. The van der Waals surface area contributed by atoms with Crippen LogP contribution in [0.2, 0.25) is 0 Å². The normalized spacial score (nSPS) is 32.1. The molecule has 0 aromatic rings. The number of hydrogen-bond acceptors (Lipinski definition) is 3. The average Bonchev–Trinajstić information content (AvgIpc) is 2.60. The van der Waals surface area contributed by atoms with E-state index in [1.165, 1.54) is 12.8 Å². The molecular formula is C14H27N3O. The molecule has 3 unspecified atom stereocenters. The van der Waals surface area contributed by atoms with Crippen molar-refractivity contribution in [3.63, 3.8) is 0 Å². The van der Waals surface area contributed by atoms with Crippen LogP contribution in [0, 0.1) is 5.92 Å². The Bertz CT molecular complexity index is 307. The van der Waals surface area contributed by atoms with E-state index in [1.54, 1.807) is 0 Å². The lowest BCUT2D eigenvalue weighted by molar-refractivity contribution is -0.134. The van der Waals surface area contributed by atoms with Gasteiger partial charge in [-0.1, -0.05) is 20.3 Å². The maximum atomic E-state index is 12.4. The molecule has 0 saturated carbocycles. The quantitative estimate of drug-likeness (QED) is 0.818. The molecule has 0 spiro atoms. The Kier molecular flexibility index (Phi) is 4.28. The fraction of sp³-hybridized carbons (Fsp3) is 0.929. The first-order valence-corrected chi connectivity index (χ1v) is 7.30. The van der Waals surface area contributed by atoms with Crippen molar-refractivity contribution in [2.24, 2.45) is 11.7 Å². The van der Waals surface area contributed by atoms with Crippen molar-refractivity contribution in [3.8, 4) is 0 Å². The molecule has 4 heteroatoms. The van der Waals surface area contributed by atoms with Gasteiger partial charge in [0.05, 0.1) is 6.04 Å². The molecule has 0 aromatic carbocycles. The molecule has 2 fully saturated rings. The van der Waals surface area contributed by atoms with Crippen LogP contribution in [0.4, 0.5) is 0 Å². The molecule has 2 rings (SSSR count). The zero-order valence-electron chi connectivity index (χ0n) is 11.9. The Morgan fingerprint density at radius 3 is 2.67 bits per heavy atom. The Hall–Kier alpha value is -0.610. The van der Waals surface area contributed by atoms with E-state index in [9.17, 15) is 4.79 Å². The molecule has 2 saturated heterocycles. The van der Waals surface area contributed by atoms with Crippen molar-refractivity contribution in [2.75, 3.05) is 20.1 Å². The predicted octanol–water partition coefficient (Wildman–Crippen LogP) is 1.05. The molecule has 0 radical (unpaired) electrons. The molecule has 104 valence electrons. The van der Waals surface area contributed by atoms with Crippen LogP contribution < -0.4 is 5.73 Å². The molecule has 2 bridgehead atoms. The summed E-state index contributed by atoms with van der Waals surface area (Å²) < 4.78 is 0. The fourth-order valence-electron chi connectivity index (χ4n) is 3.22. The third-order valence-corrected chi connectivity index (χ3v) is 5.00. The number of amides is 1. The second-order valence-corrected chi connectivity index (χ2v) is 6.03. The summed E-state index contributed by atoms with van der Waals surface area (Å²) in [4.78, 5) is 16.9. The van der Waals surface area contributed by atoms with Crippen molar-refractivity contribution in [1.29, 1.82) is 0 Å². The van der Waals surface area contributed by atoms with Crippen LogP contribution in [0.5, 0.6) is 0 Å². The van der Waals surface area contributed by atoms with Crippen LogP contribution in [0.3, 0.4) is 0 Å². The van der Waals surface area contributed by atoms with Gasteiger partial charge >= 0.3 is 0 Å². The molecule has 2 heterocycles. The van der Waals surface area contributed by atoms with Gasteiger partial charge in [-0.3, -0.25) is 9.69 Å². The molecule has 2 aliphatic heterocycles. The Balaban J connectivity index is 1.99. The number of carbonyl (C=O) groups excluding carboxylic acids is 1. The third kappa shape index (κ3) is 2.54. The standard InChI is InChI=1S/C14H27N3O/c1-4-10(2)13(15)14(18)17-8-7-11-5-6-12(9-17)16(11)3/h10-13H,4-9,15H2,1-3H3/t10?,11?,12?,13-/m0/s1. The number of nitrogens with two attached hydrogens (primary N) is 1. The zero-order chi connectivity index (χ0) is 13.3. The van der Waals surface area contributed by atoms with Crippen LogP contribution in [-0.4, -0.2) is 54.0 Å². The molecule has 4 nitrogen and oxygen atoms in total. The summed E-state index contributed by atoms with van der Waals surface area (Å²) >= 11 is 0. The van der Waals surface area contributed by atoms with E-state index >= 15 is 0 Å². The maximum Gasteiger partial charge on any atom is 0.239 e. The molecule has 0 aliphatic carbocycles. The van der Waals surface area contributed by atoms with Gasteiger partial charge in [0.2, 0.25) is 5.91 Å². The van der Waals surface area contributed by atoms with Gasteiger partial charge in [0.15, 0.2) is 0 Å². The van der Waals surface area contributed by atoms with E-state index in [-0.39, 0.29) is 17.9 Å². The summed E-state index contributed by atoms with van der Waals surface area (Å²) in [6.45, 7) is 5.92. The van der Waals surface area contributed by atoms with E-state index in [0.29, 0.717) is 12.1 Å². The molecular weight excluding hydrogens is 226 g/mol. The van der Waals surface area contributed by atoms with E-state index in [1.807, 2.05) is 4.90 Å². The molecule has 0 aromatic heterocycles. The summed E-state index contributed by atoms with van der Waals surface area (Å²) in [5, 5.41) is 0. The highest BCUT2D eigenvalue weighted by Crippen LogP contribution is 2.28. The highest BCUT2D eigenvalue weighted by molar-refractivity contribution is 5.82. The SMILES string of the molecule is CCC(C)[C@H](N)C(=O)N1CCC2CCC(C1)N2C. The first-order valence-electron chi connectivity index (χ1n) is 7.30. The largest absolute Gasteiger partial charge is 0.340 e. The van der Waals surface area contributed by atoms with E-state index in [4.69, 9.17) is 5.73 Å². The number of hydrogen-bond donors (Lipinski definition) is 1. The fourth-order valence-corrected chi connectivity index (χ4v) is 3.22. The smallest absolute Gasteiger partial charge is 0.239 e. The minimum Gasteiger partial charge on any atom is -0.340 e. The summed E-state index contributed by atoms with van der Waals surface area (Å²) in [6, 6.07) is 0.898. The molecule has 18 heavy (non-hydrogen) atoms. The highest BCUT2D eigenvalue weighted by Gasteiger charge is 2.37. The molecule has 2 N–H and O–H groups in total. The van der Waals surface area contributed by atoms with Gasteiger partial charge < -0.3 is 10.6 Å². The molecule has 1 amide bonds. The summed E-state index contributed by atoms with van der Waals surface area (Å²) in [6.07, 6.45) is 4.59. The summed E-state index contributed by atoms with van der Waals surface area (Å²) in [5.74, 6) is 0.431. The lowest BCUT2D eigenvalue weighted by atomic mass is 9.98. The van der Waals surface area contributed by atoms with Gasteiger partial charge in [0, 0.05) is 25.2 Å². The zero-order valence-corrected chi connectivity index (χ0v) is 11.9. The molecule has 4 atom stereocenters. The number of nitrogens with zero attached hydrogens (tertiary/aromatic N) is 2. The number of likely N-dealkylation sites (N-methyl/N-ethyl adjacent to an activating group) is 1. The third-order valence-electron chi connectivity index (χ3n) is 5.00. The minimum atomic E-state index is -0.322. The number of carbonyl (C=O) groups is 1. The van der Waals surface area contributed by atoms with Gasteiger partial charge in [-0.25, -0.2) is 0 Å². The van der Waals surface area contributed by atoms with Gasteiger partial charge in [0.1, 0.15) is 0 Å². The van der Waals surface area contributed by atoms with E-state index in [0.717, 1.165) is 25.9 Å². The first-order chi connectivity index (χ1) is 8.54. The minimum absolute atomic E-state index is 0.158. The monoisotopic (exact) mass is 253 g/mol. The second kappa shape index (κ2) is 5.57.